The molecule has 0 bridgehead atoms. The SMILES string of the molecule is CSCC[C@H]1NC(=O)N(Cc2ccc(Cl)cc2Cl)C1=O. The van der Waals surface area contributed by atoms with Crippen LogP contribution in [0.1, 0.15) is 12.0 Å². The smallest absolute Gasteiger partial charge is 0.325 e. The van der Waals surface area contributed by atoms with Gasteiger partial charge in [-0.2, -0.15) is 11.8 Å². The predicted octanol–water partition coefficient (Wildman–Crippen LogP) is 3.17. The summed E-state index contributed by atoms with van der Waals surface area (Å²) in [5.74, 6) is 0.627. The molecule has 0 spiro atoms. The van der Waals surface area contributed by atoms with Crippen molar-refractivity contribution in [2.45, 2.75) is 19.0 Å². The first-order chi connectivity index (χ1) is 9.52. The molecule has 1 aliphatic rings. The van der Waals surface area contributed by atoms with Crippen LogP contribution in [-0.2, 0) is 11.3 Å². The first-order valence-corrected chi connectivity index (χ1v) is 8.22. The molecule has 0 unspecified atom stereocenters. The third-order valence-electron chi connectivity index (χ3n) is 3.06. The predicted molar refractivity (Wildman–Crippen MR) is 82.3 cm³/mol. The lowest BCUT2D eigenvalue weighted by Crippen LogP contribution is -2.31. The highest BCUT2D eigenvalue weighted by Gasteiger charge is 2.37. The standard InChI is InChI=1S/C13H14Cl2N2O2S/c1-20-5-4-11-12(18)17(13(19)16-11)7-8-2-3-9(14)6-10(8)15/h2-3,6,11H,4-5,7H2,1H3,(H,16,19)/t11-/m1/s1. The molecule has 4 nitrogen and oxygen atoms in total. The maximum Gasteiger partial charge on any atom is 0.325 e. The third-order valence-corrected chi connectivity index (χ3v) is 4.29. The van der Waals surface area contributed by atoms with Gasteiger partial charge in [-0.3, -0.25) is 9.69 Å². The van der Waals surface area contributed by atoms with E-state index >= 15 is 0 Å². The lowest BCUT2D eigenvalue weighted by molar-refractivity contribution is -0.127. The van der Waals surface area contributed by atoms with Crippen LogP contribution in [0.15, 0.2) is 18.2 Å². The summed E-state index contributed by atoms with van der Waals surface area (Å²) in [6.07, 6.45) is 2.60. The minimum atomic E-state index is -0.430. The van der Waals surface area contributed by atoms with E-state index < -0.39 is 6.04 Å². The number of nitrogens with zero attached hydrogens (tertiary/aromatic N) is 1. The number of urea groups is 1. The zero-order chi connectivity index (χ0) is 14.7. The average Bonchev–Trinajstić information content (AvgIpc) is 2.66. The molecule has 1 aliphatic heterocycles. The Morgan fingerprint density at radius 2 is 2.10 bits per heavy atom. The first kappa shape index (κ1) is 15.5. The largest absolute Gasteiger partial charge is 0.326 e. The van der Waals surface area contributed by atoms with Crippen LogP contribution in [0.4, 0.5) is 4.79 Å². The lowest BCUT2D eigenvalue weighted by atomic mass is 10.2. The van der Waals surface area contributed by atoms with Crippen molar-refractivity contribution in [2.24, 2.45) is 0 Å². The van der Waals surface area contributed by atoms with E-state index in [1.54, 1.807) is 30.0 Å². The summed E-state index contributed by atoms with van der Waals surface area (Å²) in [7, 11) is 0. The van der Waals surface area contributed by atoms with Crippen LogP contribution < -0.4 is 5.32 Å². The minimum absolute atomic E-state index is 0.163. The van der Waals surface area contributed by atoms with Crippen molar-refractivity contribution >= 4 is 46.9 Å². The number of rotatable bonds is 5. The van der Waals surface area contributed by atoms with Crippen molar-refractivity contribution in [3.8, 4) is 0 Å². The van der Waals surface area contributed by atoms with Crippen LogP contribution >= 0.6 is 35.0 Å². The van der Waals surface area contributed by atoms with Gasteiger partial charge in [-0.15, -0.1) is 0 Å². The van der Waals surface area contributed by atoms with E-state index in [0.717, 1.165) is 5.75 Å². The van der Waals surface area contributed by atoms with Crippen LogP contribution in [0.25, 0.3) is 0 Å². The van der Waals surface area contributed by atoms with Crippen LogP contribution in [0, 0.1) is 0 Å². The van der Waals surface area contributed by atoms with Crippen LogP contribution in [0.3, 0.4) is 0 Å². The monoisotopic (exact) mass is 332 g/mol. The van der Waals surface area contributed by atoms with E-state index in [4.69, 9.17) is 23.2 Å². The number of carbonyl (C=O) groups is 2. The topological polar surface area (TPSA) is 49.4 Å². The van der Waals surface area contributed by atoms with Crippen molar-refractivity contribution in [3.05, 3.63) is 33.8 Å². The number of carbonyl (C=O) groups excluding carboxylic acids is 2. The van der Waals surface area contributed by atoms with Crippen molar-refractivity contribution in [1.29, 1.82) is 0 Å². The van der Waals surface area contributed by atoms with E-state index in [1.165, 1.54) is 4.90 Å². The second-order valence-corrected chi connectivity index (χ2v) is 6.27. The van der Waals surface area contributed by atoms with Crippen molar-refractivity contribution in [2.75, 3.05) is 12.0 Å². The maximum absolute atomic E-state index is 12.2. The van der Waals surface area contributed by atoms with E-state index in [9.17, 15) is 9.59 Å². The highest BCUT2D eigenvalue weighted by molar-refractivity contribution is 7.98. The normalized spacial score (nSPS) is 18.6. The van der Waals surface area contributed by atoms with Gasteiger partial charge < -0.3 is 5.32 Å². The van der Waals surface area contributed by atoms with Gasteiger partial charge in [-0.25, -0.2) is 4.79 Å². The van der Waals surface area contributed by atoms with Gasteiger partial charge in [0.2, 0.25) is 0 Å². The molecule has 108 valence electrons. The summed E-state index contributed by atoms with van der Waals surface area (Å²) < 4.78 is 0. The number of halogens is 2. The van der Waals surface area contributed by atoms with Gasteiger partial charge in [0.15, 0.2) is 0 Å². The molecule has 1 atom stereocenters. The number of thioether (sulfide) groups is 1. The fraction of sp³-hybridized carbons (Fsp3) is 0.385. The van der Waals surface area contributed by atoms with Crippen molar-refractivity contribution in [1.82, 2.24) is 10.2 Å². The lowest BCUT2D eigenvalue weighted by Gasteiger charge is -2.14. The highest BCUT2D eigenvalue weighted by atomic mass is 35.5. The van der Waals surface area contributed by atoms with Gasteiger partial charge >= 0.3 is 6.03 Å². The Labute approximate surface area is 131 Å². The quantitative estimate of drug-likeness (QED) is 0.842. The molecule has 0 saturated carbocycles. The van der Waals surface area contributed by atoms with Crippen molar-refractivity contribution in [3.63, 3.8) is 0 Å². The molecule has 7 heteroatoms. The number of nitrogens with one attached hydrogen (secondary N) is 1. The Balaban J connectivity index is 2.09. The number of benzene rings is 1. The zero-order valence-electron chi connectivity index (χ0n) is 10.9. The molecule has 3 amide bonds. The van der Waals surface area contributed by atoms with Crippen LogP contribution in [0.2, 0.25) is 10.0 Å². The molecule has 0 aliphatic carbocycles. The molecule has 2 rings (SSSR count). The number of imide groups is 1. The zero-order valence-corrected chi connectivity index (χ0v) is 13.2. The Hall–Kier alpha value is -0.910. The van der Waals surface area contributed by atoms with Gasteiger partial charge in [0.1, 0.15) is 6.04 Å². The fourth-order valence-electron chi connectivity index (χ4n) is 1.98. The number of hydrogen-bond donors (Lipinski definition) is 1. The molecule has 0 radical (unpaired) electrons. The van der Waals surface area contributed by atoms with Crippen LogP contribution in [0.5, 0.6) is 0 Å². The highest BCUT2D eigenvalue weighted by Crippen LogP contribution is 2.24. The first-order valence-electron chi connectivity index (χ1n) is 6.07. The molecule has 20 heavy (non-hydrogen) atoms. The molecular formula is C13H14Cl2N2O2S. The van der Waals surface area contributed by atoms with Gasteiger partial charge in [0.25, 0.3) is 5.91 Å². The van der Waals surface area contributed by atoms with Crippen LogP contribution in [-0.4, -0.2) is 34.9 Å². The van der Waals surface area contributed by atoms with Gasteiger partial charge in [-0.05, 0) is 36.1 Å². The summed E-state index contributed by atoms with van der Waals surface area (Å²) >= 11 is 13.5. The van der Waals surface area contributed by atoms with E-state index in [-0.39, 0.29) is 18.5 Å². The fourth-order valence-corrected chi connectivity index (χ4v) is 2.92. The van der Waals surface area contributed by atoms with Gasteiger partial charge in [0, 0.05) is 10.0 Å². The molecule has 1 saturated heterocycles. The number of hydrogen-bond acceptors (Lipinski definition) is 3. The molecule has 1 heterocycles. The average molecular weight is 333 g/mol. The van der Waals surface area contributed by atoms with E-state index in [1.807, 2.05) is 6.26 Å². The molecule has 1 aromatic carbocycles. The maximum atomic E-state index is 12.2. The molecule has 0 aromatic heterocycles. The Morgan fingerprint density at radius 1 is 1.35 bits per heavy atom. The third kappa shape index (κ3) is 3.40. The Kier molecular flexibility index (Phi) is 5.18. The van der Waals surface area contributed by atoms with Crippen molar-refractivity contribution < 1.29 is 9.59 Å². The van der Waals surface area contributed by atoms with E-state index in [0.29, 0.717) is 22.0 Å². The molecule has 1 fully saturated rings. The second kappa shape index (κ2) is 6.70. The summed E-state index contributed by atoms with van der Waals surface area (Å²) in [5.41, 5.74) is 0.699. The van der Waals surface area contributed by atoms with E-state index in [2.05, 4.69) is 5.32 Å². The second-order valence-electron chi connectivity index (χ2n) is 4.44. The summed E-state index contributed by atoms with van der Waals surface area (Å²) in [4.78, 5) is 25.2. The summed E-state index contributed by atoms with van der Waals surface area (Å²) in [6.45, 7) is 0.163. The Morgan fingerprint density at radius 3 is 2.75 bits per heavy atom. The molecule has 1 aromatic rings. The number of amides is 3. The van der Waals surface area contributed by atoms with Gasteiger partial charge in [0.05, 0.1) is 6.54 Å². The summed E-state index contributed by atoms with van der Waals surface area (Å²) in [6, 6.07) is 4.21. The molecular weight excluding hydrogens is 319 g/mol. The Bertz CT molecular complexity index is 539. The molecule has 1 N–H and O–H groups in total. The van der Waals surface area contributed by atoms with Gasteiger partial charge in [-0.1, -0.05) is 29.3 Å². The minimum Gasteiger partial charge on any atom is -0.326 e. The summed E-state index contributed by atoms with van der Waals surface area (Å²) in [5, 5.41) is 3.67.